The summed E-state index contributed by atoms with van der Waals surface area (Å²) in [5, 5.41) is 21.0. The first kappa shape index (κ1) is 16.8. The highest BCUT2D eigenvalue weighted by Crippen LogP contribution is 2.21. The SMILES string of the molecule is CCC(C)CN(CC)C(=O)Nc1ccc(O)c(C(=O)O)c1. The van der Waals surface area contributed by atoms with Crippen LogP contribution in [-0.2, 0) is 0 Å². The third-order valence-corrected chi connectivity index (χ3v) is 3.38. The Morgan fingerprint density at radius 3 is 2.52 bits per heavy atom. The van der Waals surface area contributed by atoms with E-state index in [1.165, 1.54) is 18.2 Å². The highest BCUT2D eigenvalue weighted by molar-refractivity contribution is 5.95. The number of hydrogen-bond donors (Lipinski definition) is 3. The fourth-order valence-electron chi connectivity index (χ4n) is 1.85. The zero-order chi connectivity index (χ0) is 16.0. The molecule has 0 bridgehead atoms. The van der Waals surface area contributed by atoms with E-state index < -0.39 is 5.97 Å². The molecule has 116 valence electrons. The van der Waals surface area contributed by atoms with Gasteiger partial charge in [-0.2, -0.15) is 0 Å². The molecule has 1 unspecified atom stereocenters. The highest BCUT2D eigenvalue weighted by atomic mass is 16.4. The number of carbonyl (C=O) groups is 2. The lowest BCUT2D eigenvalue weighted by Crippen LogP contribution is -2.37. The molecule has 1 rings (SSSR count). The largest absolute Gasteiger partial charge is 0.507 e. The molecule has 6 nitrogen and oxygen atoms in total. The summed E-state index contributed by atoms with van der Waals surface area (Å²) in [5.41, 5.74) is 0.107. The average molecular weight is 294 g/mol. The number of hydrogen-bond acceptors (Lipinski definition) is 3. The Morgan fingerprint density at radius 1 is 1.33 bits per heavy atom. The van der Waals surface area contributed by atoms with Crippen molar-refractivity contribution in [3.05, 3.63) is 23.8 Å². The van der Waals surface area contributed by atoms with E-state index in [0.29, 0.717) is 24.7 Å². The van der Waals surface area contributed by atoms with E-state index in [4.69, 9.17) is 5.11 Å². The van der Waals surface area contributed by atoms with Gasteiger partial charge in [0.25, 0.3) is 0 Å². The molecule has 0 fully saturated rings. The van der Waals surface area contributed by atoms with Crippen molar-refractivity contribution in [1.82, 2.24) is 4.90 Å². The van der Waals surface area contributed by atoms with Crippen LogP contribution in [-0.4, -0.2) is 40.2 Å². The van der Waals surface area contributed by atoms with Crippen molar-refractivity contribution in [2.24, 2.45) is 5.92 Å². The zero-order valence-corrected chi connectivity index (χ0v) is 12.6. The first-order valence-corrected chi connectivity index (χ1v) is 7.01. The predicted molar refractivity (Wildman–Crippen MR) is 80.8 cm³/mol. The summed E-state index contributed by atoms with van der Waals surface area (Å²) < 4.78 is 0. The molecule has 1 atom stereocenters. The number of nitrogens with one attached hydrogen (secondary N) is 1. The summed E-state index contributed by atoms with van der Waals surface area (Å²) >= 11 is 0. The Balaban J connectivity index is 2.82. The van der Waals surface area contributed by atoms with Crippen LogP contribution in [0.3, 0.4) is 0 Å². The van der Waals surface area contributed by atoms with Gasteiger partial charge in [-0.3, -0.25) is 0 Å². The van der Waals surface area contributed by atoms with Crippen molar-refractivity contribution < 1.29 is 19.8 Å². The lowest BCUT2D eigenvalue weighted by Gasteiger charge is -2.24. The Labute approximate surface area is 124 Å². The van der Waals surface area contributed by atoms with E-state index in [0.717, 1.165) is 6.42 Å². The molecule has 0 aliphatic carbocycles. The number of carbonyl (C=O) groups excluding carboxylic acids is 1. The second-order valence-electron chi connectivity index (χ2n) is 5.02. The normalized spacial score (nSPS) is 11.8. The maximum absolute atomic E-state index is 12.2. The maximum atomic E-state index is 12.2. The van der Waals surface area contributed by atoms with E-state index in [2.05, 4.69) is 19.2 Å². The van der Waals surface area contributed by atoms with Gasteiger partial charge in [0.2, 0.25) is 0 Å². The molecule has 2 amide bonds. The molecule has 0 spiro atoms. The van der Waals surface area contributed by atoms with Crippen molar-refractivity contribution in [3.63, 3.8) is 0 Å². The van der Waals surface area contributed by atoms with E-state index in [9.17, 15) is 14.7 Å². The smallest absolute Gasteiger partial charge is 0.339 e. The third-order valence-electron chi connectivity index (χ3n) is 3.38. The number of carboxylic acid groups (broad SMARTS) is 1. The highest BCUT2D eigenvalue weighted by Gasteiger charge is 2.16. The van der Waals surface area contributed by atoms with Gasteiger partial charge in [0, 0.05) is 18.8 Å². The van der Waals surface area contributed by atoms with Crippen molar-refractivity contribution in [1.29, 1.82) is 0 Å². The second kappa shape index (κ2) is 7.52. The number of aromatic carboxylic acids is 1. The van der Waals surface area contributed by atoms with Gasteiger partial charge in [-0.1, -0.05) is 20.3 Å². The van der Waals surface area contributed by atoms with Crippen LogP contribution in [0.25, 0.3) is 0 Å². The molecule has 0 aromatic heterocycles. The summed E-state index contributed by atoms with van der Waals surface area (Å²) in [7, 11) is 0. The molecule has 0 aliphatic rings. The number of rotatable bonds is 6. The Bertz CT molecular complexity index is 516. The van der Waals surface area contributed by atoms with Gasteiger partial charge >= 0.3 is 12.0 Å². The Kier molecular flexibility index (Phi) is 6.02. The van der Waals surface area contributed by atoms with Crippen LogP contribution in [0.4, 0.5) is 10.5 Å². The lowest BCUT2D eigenvalue weighted by atomic mass is 10.1. The van der Waals surface area contributed by atoms with Crippen molar-refractivity contribution in [3.8, 4) is 5.75 Å². The van der Waals surface area contributed by atoms with Gasteiger partial charge in [0.15, 0.2) is 0 Å². The molecule has 3 N–H and O–H groups in total. The fourth-order valence-corrected chi connectivity index (χ4v) is 1.85. The minimum absolute atomic E-state index is 0.238. The quantitative estimate of drug-likeness (QED) is 0.703. The van der Waals surface area contributed by atoms with Gasteiger partial charge in [0.05, 0.1) is 0 Å². The van der Waals surface area contributed by atoms with Crippen molar-refractivity contribution in [2.75, 3.05) is 18.4 Å². The number of phenols is 1. The van der Waals surface area contributed by atoms with Crippen LogP contribution in [0, 0.1) is 5.92 Å². The van der Waals surface area contributed by atoms with E-state index in [1.54, 1.807) is 4.90 Å². The van der Waals surface area contributed by atoms with Crippen molar-refractivity contribution >= 4 is 17.7 Å². The number of benzene rings is 1. The van der Waals surface area contributed by atoms with Crippen LogP contribution in [0.1, 0.15) is 37.6 Å². The molecule has 0 aliphatic heterocycles. The number of carboxylic acids is 1. The van der Waals surface area contributed by atoms with Gasteiger partial charge in [0.1, 0.15) is 11.3 Å². The standard InChI is InChI=1S/C15H22N2O4/c1-4-10(3)9-17(5-2)15(21)16-11-6-7-13(18)12(8-11)14(19)20/h6-8,10,18H,4-5,9H2,1-3H3,(H,16,21)(H,19,20). The van der Waals surface area contributed by atoms with Crippen LogP contribution in [0.5, 0.6) is 5.75 Å². The minimum atomic E-state index is -1.24. The molecule has 0 heterocycles. The summed E-state index contributed by atoms with van der Waals surface area (Å²) in [6, 6.07) is 3.69. The van der Waals surface area contributed by atoms with Crippen LogP contribution >= 0.6 is 0 Å². The maximum Gasteiger partial charge on any atom is 0.339 e. The number of amides is 2. The van der Waals surface area contributed by atoms with Gasteiger partial charge < -0.3 is 20.4 Å². The summed E-state index contributed by atoms with van der Waals surface area (Å²) in [6.45, 7) is 7.23. The lowest BCUT2D eigenvalue weighted by molar-refractivity contribution is 0.0693. The topological polar surface area (TPSA) is 89.9 Å². The second-order valence-corrected chi connectivity index (χ2v) is 5.02. The number of nitrogens with zero attached hydrogens (tertiary/aromatic N) is 1. The van der Waals surface area contributed by atoms with Gasteiger partial charge in [-0.25, -0.2) is 9.59 Å². The van der Waals surface area contributed by atoms with Crippen LogP contribution < -0.4 is 5.32 Å². The molecule has 0 radical (unpaired) electrons. The molecule has 1 aromatic carbocycles. The summed E-state index contributed by atoms with van der Waals surface area (Å²) in [4.78, 5) is 24.8. The van der Waals surface area contributed by atoms with E-state index in [-0.39, 0.29) is 17.3 Å². The summed E-state index contributed by atoms with van der Waals surface area (Å²) in [6.07, 6.45) is 0.978. The van der Waals surface area contributed by atoms with Crippen LogP contribution in [0.15, 0.2) is 18.2 Å². The first-order valence-electron chi connectivity index (χ1n) is 7.01. The van der Waals surface area contributed by atoms with Gasteiger partial charge in [-0.15, -0.1) is 0 Å². The predicted octanol–water partition coefficient (Wildman–Crippen LogP) is 2.99. The van der Waals surface area contributed by atoms with Crippen molar-refractivity contribution in [2.45, 2.75) is 27.2 Å². The monoisotopic (exact) mass is 294 g/mol. The number of anilines is 1. The number of urea groups is 1. The fraction of sp³-hybridized carbons (Fsp3) is 0.467. The molecule has 21 heavy (non-hydrogen) atoms. The van der Waals surface area contributed by atoms with Crippen LogP contribution in [0.2, 0.25) is 0 Å². The molecular weight excluding hydrogens is 272 g/mol. The van der Waals surface area contributed by atoms with E-state index >= 15 is 0 Å². The van der Waals surface area contributed by atoms with Gasteiger partial charge in [-0.05, 0) is 31.0 Å². The molecular formula is C15H22N2O4. The first-order chi connectivity index (χ1) is 9.88. The average Bonchev–Trinajstić information content (AvgIpc) is 2.45. The molecule has 1 aromatic rings. The minimum Gasteiger partial charge on any atom is -0.507 e. The third kappa shape index (κ3) is 4.66. The van der Waals surface area contributed by atoms with E-state index in [1.807, 2.05) is 6.92 Å². The summed E-state index contributed by atoms with van der Waals surface area (Å²) in [5.74, 6) is -1.17. The molecule has 0 saturated carbocycles. The molecule has 6 heteroatoms. The number of aromatic hydroxyl groups is 1. The zero-order valence-electron chi connectivity index (χ0n) is 12.6. The molecule has 0 saturated heterocycles. The Morgan fingerprint density at radius 2 is 2.00 bits per heavy atom. The Hall–Kier alpha value is -2.24.